The zero-order valence-corrected chi connectivity index (χ0v) is 15.7. The zero-order valence-electron chi connectivity index (χ0n) is 15.7. The third-order valence-electron chi connectivity index (χ3n) is 5.10. The number of rotatable bonds is 6. The highest BCUT2D eigenvalue weighted by Crippen LogP contribution is 2.19. The summed E-state index contributed by atoms with van der Waals surface area (Å²) >= 11 is 0. The van der Waals surface area contributed by atoms with Crippen LogP contribution in [0.1, 0.15) is 35.4 Å². The lowest BCUT2D eigenvalue weighted by molar-refractivity contribution is -0.131. The molecule has 2 aromatic rings. The van der Waals surface area contributed by atoms with E-state index >= 15 is 0 Å². The van der Waals surface area contributed by atoms with Gasteiger partial charge < -0.3 is 19.5 Å². The third-order valence-corrected chi connectivity index (χ3v) is 5.10. The SMILES string of the molecule is CNC1CCN(C(=O)Cc2ccc(OCc3c(C)noc3C)cc2)CC1. The number of nitrogens with zero attached hydrogens (tertiary/aromatic N) is 2. The molecule has 0 spiro atoms. The Kier molecular flexibility index (Phi) is 5.93. The normalized spacial score (nSPS) is 15.3. The Morgan fingerprint density at radius 2 is 1.96 bits per heavy atom. The van der Waals surface area contributed by atoms with Crippen molar-refractivity contribution in [2.45, 2.75) is 45.8 Å². The lowest BCUT2D eigenvalue weighted by Crippen LogP contribution is -2.44. The average Bonchev–Trinajstić information content (AvgIpc) is 2.99. The van der Waals surface area contributed by atoms with Crippen LogP contribution in [0, 0.1) is 13.8 Å². The molecule has 0 unspecified atom stereocenters. The minimum atomic E-state index is 0.198. The first kappa shape index (κ1) is 18.5. The van der Waals surface area contributed by atoms with Crippen LogP contribution in [0.4, 0.5) is 0 Å². The fourth-order valence-corrected chi connectivity index (χ4v) is 3.27. The maximum atomic E-state index is 12.5. The average molecular weight is 357 g/mol. The summed E-state index contributed by atoms with van der Waals surface area (Å²) in [7, 11) is 1.98. The number of carbonyl (C=O) groups is 1. The summed E-state index contributed by atoms with van der Waals surface area (Å²) in [5.41, 5.74) is 2.84. The van der Waals surface area contributed by atoms with E-state index in [9.17, 15) is 4.79 Å². The summed E-state index contributed by atoms with van der Waals surface area (Å²) in [5, 5.41) is 7.22. The van der Waals surface area contributed by atoms with Gasteiger partial charge in [0, 0.05) is 19.1 Å². The number of nitrogens with one attached hydrogen (secondary N) is 1. The van der Waals surface area contributed by atoms with Crippen molar-refractivity contribution < 1.29 is 14.1 Å². The molecule has 6 heteroatoms. The van der Waals surface area contributed by atoms with Crippen molar-refractivity contribution in [1.82, 2.24) is 15.4 Å². The maximum Gasteiger partial charge on any atom is 0.226 e. The molecule has 6 nitrogen and oxygen atoms in total. The molecule has 0 bridgehead atoms. The van der Waals surface area contributed by atoms with Crippen molar-refractivity contribution in [1.29, 1.82) is 0 Å². The quantitative estimate of drug-likeness (QED) is 0.861. The summed E-state index contributed by atoms with van der Waals surface area (Å²) in [6.45, 7) is 5.89. The Hall–Kier alpha value is -2.34. The van der Waals surface area contributed by atoms with Gasteiger partial charge in [-0.3, -0.25) is 4.79 Å². The second kappa shape index (κ2) is 8.36. The molecule has 0 radical (unpaired) electrons. The van der Waals surface area contributed by atoms with Crippen LogP contribution in [0.3, 0.4) is 0 Å². The van der Waals surface area contributed by atoms with E-state index in [0.29, 0.717) is 19.1 Å². The number of aromatic nitrogens is 1. The van der Waals surface area contributed by atoms with Crippen LogP contribution in [0.25, 0.3) is 0 Å². The number of aryl methyl sites for hydroxylation is 2. The molecule has 1 saturated heterocycles. The molecule has 1 fully saturated rings. The number of benzene rings is 1. The lowest BCUT2D eigenvalue weighted by Gasteiger charge is -2.31. The van der Waals surface area contributed by atoms with Gasteiger partial charge in [0.1, 0.15) is 18.1 Å². The third kappa shape index (κ3) is 4.43. The molecule has 1 N–H and O–H groups in total. The van der Waals surface area contributed by atoms with Gasteiger partial charge in [0.05, 0.1) is 17.7 Å². The van der Waals surface area contributed by atoms with Crippen molar-refractivity contribution in [3.05, 3.63) is 46.8 Å². The second-order valence-electron chi connectivity index (χ2n) is 6.86. The van der Waals surface area contributed by atoms with Crippen LogP contribution >= 0.6 is 0 Å². The minimum absolute atomic E-state index is 0.198. The first-order valence-electron chi connectivity index (χ1n) is 9.15. The summed E-state index contributed by atoms with van der Waals surface area (Å²) in [4.78, 5) is 14.4. The Morgan fingerprint density at radius 3 is 2.54 bits per heavy atom. The largest absolute Gasteiger partial charge is 0.489 e. The molecule has 140 valence electrons. The topological polar surface area (TPSA) is 67.6 Å². The number of hydrogen-bond acceptors (Lipinski definition) is 5. The first-order valence-corrected chi connectivity index (χ1v) is 9.15. The van der Waals surface area contributed by atoms with Gasteiger partial charge in [0.25, 0.3) is 0 Å². The van der Waals surface area contributed by atoms with Crippen molar-refractivity contribution >= 4 is 5.91 Å². The second-order valence-corrected chi connectivity index (χ2v) is 6.86. The van der Waals surface area contributed by atoms with Gasteiger partial charge in [-0.25, -0.2) is 0 Å². The molecule has 1 aliphatic rings. The Balaban J connectivity index is 1.50. The van der Waals surface area contributed by atoms with Crippen LogP contribution in [-0.4, -0.2) is 42.1 Å². The van der Waals surface area contributed by atoms with Crippen molar-refractivity contribution in [2.24, 2.45) is 0 Å². The van der Waals surface area contributed by atoms with Crippen molar-refractivity contribution in [3.8, 4) is 5.75 Å². The molecule has 26 heavy (non-hydrogen) atoms. The van der Waals surface area contributed by atoms with E-state index in [4.69, 9.17) is 9.26 Å². The van der Waals surface area contributed by atoms with Gasteiger partial charge in [0.15, 0.2) is 0 Å². The zero-order chi connectivity index (χ0) is 18.5. The fourth-order valence-electron chi connectivity index (χ4n) is 3.27. The van der Waals surface area contributed by atoms with Crippen LogP contribution in [0.5, 0.6) is 5.75 Å². The van der Waals surface area contributed by atoms with E-state index < -0.39 is 0 Å². The number of carbonyl (C=O) groups excluding carboxylic acids is 1. The van der Waals surface area contributed by atoms with E-state index in [0.717, 1.165) is 54.3 Å². The van der Waals surface area contributed by atoms with E-state index in [-0.39, 0.29) is 5.91 Å². The molecule has 1 aromatic carbocycles. The van der Waals surface area contributed by atoms with Crippen molar-refractivity contribution in [2.75, 3.05) is 20.1 Å². The van der Waals surface area contributed by atoms with Gasteiger partial charge in [-0.1, -0.05) is 17.3 Å². The molecule has 0 aliphatic carbocycles. The predicted octanol–water partition coefficient (Wildman–Crippen LogP) is 2.62. The van der Waals surface area contributed by atoms with E-state index in [1.165, 1.54) is 0 Å². The predicted molar refractivity (Wildman–Crippen MR) is 99.1 cm³/mol. The fraction of sp³-hybridized carbons (Fsp3) is 0.500. The minimum Gasteiger partial charge on any atom is -0.489 e. The Morgan fingerprint density at radius 1 is 1.27 bits per heavy atom. The van der Waals surface area contributed by atoms with Crippen molar-refractivity contribution in [3.63, 3.8) is 0 Å². The van der Waals surface area contributed by atoms with Crippen LogP contribution in [0.2, 0.25) is 0 Å². The van der Waals surface area contributed by atoms with Gasteiger partial charge in [-0.15, -0.1) is 0 Å². The smallest absolute Gasteiger partial charge is 0.226 e. The molecule has 1 amide bonds. The number of piperidine rings is 1. The standard InChI is InChI=1S/C20H27N3O3/c1-14-19(15(2)26-22-14)13-25-18-6-4-16(5-7-18)12-20(24)23-10-8-17(21-3)9-11-23/h4-7,17,21H,8-13H2,1-3H3. The Bertz CT molecular complexity index is 712. The van der Waals surface area contributed by atoms with Crippen LogP contribution < -0.4 is 10.1 Å². The van der Waals surface area contributed by atoms with Crippen LogP contribution in [-0.2, 0) is 17.8 Å². The van der Waals surface area contributed by atoms with E-state index in [1.54, 1.807) is 0 Å². The molecular weight excluding hydrogens is 330 g/mol. The maximum absolute atomic E-state index is 12.5. The first-order chi connectivity index (χ1) is 12.6. The summed E-state index contributed by atoms with van der Waals surface area (Å²) in [6.07, 6.45) is 2.49. The molecule has 1 aromatic heterocycles. The van der Waals surface area contributed by atoms with E-state index in [2.05, 4.69) is 10.5 Å². The highest BCUT2D eigenvalue weighted by molar-refractivity contribution is 5.78. The number of hydrogen-bond donors (Lipinski definition) is 1. The number of likely N-dealkylation sites (tertiary alicyclic amines) is 1. The molecular formula is C20H27N3O3. The van der Waals surface area contributed by atoms with Gasteiger partial charge >= 0.3 is 0 Å². The highest BCUT2D eigenvalue weighted by atomic mass is 16.5. The van der Waals surface area contributed by atoms with Gasteiger partial charge in [-0.2, -0.15) is 0 Å². The van der Waals surface area contributed by atoms with E-state index in [1.807, 2.05) is 50.1 Å². The van der Waals surface area contributed by atoms with Gasteiger partial charge in [-0.05, 0) is 51.4 Å². The number of amides is 1. The number of ether oxygens (including phenoxy) is 1. The Labute approximate surface area is 154 Å². The molecule has 0 atom stereocenters. The summed E-state index contributed by atoms with van der Waals surface area (Å²) in [6, 6.07) is 8.28. The monoisotopic (exact) mass is 357 g/mol. The molecule has 0 saturated carbocycles. The lowest BCUT2D eigenvalue weighted by atomic mass is 10.0. The molecule has 3 rings (SSSR count). The van der Waals surface area contributed by atoms with Crippen LogP contribution in [0.15, 0.2) is 28.8 Å². The summed E-state index contributed by atoms with van der Waals surface area (Å²) < 4.78 is 11.0. The summed E-state index contributed by atoms with van der Waals surface area (Å²) in [5.74, 6) is 1.76. The molecule has 1 aliphatic heterocycles. The highest BCUT2D eigenvalue weighted by Gasteiger charge is 2.21. The van der Waals surface area contributed by atoms with Gasteiger partial charge in [0.2, 0.25) is 5.91 Å². The molecule has 2 heterocycles.